The fourth-order valence-corrected chi connectivity index (χ4v) is 2.15. The largest absolute Gasteiger partial charge is 0.373 e. The molecule has 0 radical (unpaired) electrons. The van der Waals surface area contributed by atoms with Gasteiger partial charge in [0.15, 0.2) is 0 Å². The Balaban J connectivity index is 1.88. The van der Waals surface area contributed by atoms with E-state index in [1.54, 1.807) is 12.1 Å². The zero-order valence-electron chi connectivity index (χ0n) is 11.5. The number of hydrogen-bond acceptors (Lipinski definition) is 3. The van der Waals surface area contributed by atoms with Crippen LogP contribution in [0.4, 0.5) is 5.69 Å². The van der Waals surface area contributed by atoms with E-state index in [1.807, 2.05) is 42.3 Å². The van der Waals surface area contributed by atoms with Gasteiger partial charge in [-0.1, -0.05) is 41.4 Å². The number of para-hydroxylation sites is 1. The van der Waals surface area contributed by atoms with Crippen molar-refractivity contribution in [2.45, 2.75) is 0 Å². The number of rotatable bonds is 5. The van der Waals surface area contributed by atoms with Crippen LogP contribution in [0, 0.1) is 0 Å². The number of amides is 1. The van der Waals surface area contributed by atoms with E-state index < -0.39 is 0 Å². The molecule has 1 amide bonds. The number of aromatic nitrogens is 1. The molecule has 1 aromatic carbocycles. The molecule has 0 aliphatic heterocycles. The molecular weight excluding hydrogens is 309 g/mol. The molecule has 1 heterocycles. The van der Waals surface area contributed by atoms with Gasteiger partial charge in [0.25, 0.3) is 5.91 Å². The second-order valence-corrected chi connectivity index (χ2v) is 5.27. The third kappa shape index (κ3) is 4.34. The number of carbonyl (C=O) groups is 1. The molecule has 21 heavy (non-hydrogen) atoms. The lowest BCUT2D eigenvalue weighted by atomic mass is 10.3. The van der Waals surface area contributed by atoms with Crippen LogP contribution >= 0.6 is 23.2 Å². The Morgan fingerprint density at radius 3 is 2.62 bits per heavy atom. The third-order valence-corrected chi connectivity index (χ3v) is 3.47. The van der Waals surface area contributed by atoms with Crippen molar-refractivity contribution in [1.82, 2.24) is 10.3 Å². The molecule has 4 nitrogen and oxygen atoms in total. The Morgan fingerprint density at radius 2 is 1.90 bits per heavy atom. The Morgan fingerprint density at radius 1 is 1.19 bits per heavy atom. The lowest BCUT2D eigenvalue weighted by molar-refractivity contribution is 0.0950. The highest BCUT2D eigenvalue weighted by Gasteiger charge is 2.12. The summed E-state index contributed by atoms with van der Waals surface area (Å²) in [4.78, 5) is 18.0. The molecule has 0 saturated heterocycles. The van der Waals surface area contributed by atoms with Gasteiger partial charge in [-0.3, -0.25) is 4.79 Å². The maximum Gasteiger partial charge on any atom is 0.271 e. The fourth-order valence-electron chi connectivity index (χ4n) is 1.81. The molecule has 0 fully saturated rings. The average molecular weight is 324 g/mol. The van der Waals surface area contributed by atoms with Crippen LogP contribution in [0.1, 0.15) is 10.5 Å². The summed E-state index contributed by atoms with van der Waals surface area (Å²) in [6.07, 6.45) is 0. The summed E-state index contributed by atoms with van der Waals surface area (Å²) in [5, 5.41) is 3.31. The summed E-state index contributed by atoms with van der Waals surface area (Å²) in [7, 11) is 1.96. The molecule has 0 saturated carbocycles. The van der Waals surface area contributed by atoms with Crippen molar-refractivity contribution in [2.75, 3.05) is 25.0 Å². The van der Waals surface area contributed by atoms with E-state index in [4.69, 9.17) is 23.2 Å². The first-order valence-electron chi connectivity index (χ1n) is 6.44. The van der Waals surface area contributed by atoms with Crippen molar-refractivity contribution in [3.8, 4) is 0 Å². The van der Waals surface area contributed by atoms with E-state index in [2.05, 4.69) is 10.3 Å². The van der Waals surface area contributed by atoms with Crippen LogP contribution in [0.15, 0.2) is 42.5 Å². The lowest BCUT2D eigenvalue weighted by Gasteiger charge is -2.19. The molecule has 0 aliphatic rings. The average Bonchev–Trinajstić information content (AvgIpc) is 2.50. The number of nitrogens with zero attached hydrogens (tertiary/aromatic N) is 2. The number of likely N-dealkylation sites (N-methyl/N-ethyl adjacent to an activating group) is 1. The smallest absolute Gasteiger partial charge is 0.271 e. The Bertz CT molecular complexity index is 620. The summed E-state index contributed by atoms with van der Waals surface area (Å²) < 4.78 is 0. The number of halogens is 2. The summed E-state index contributed by atoms with van der Waals surface area (Å²) in [6.45, 7) is 1.16. The molecule has 0 bridgehead atoms. The van der Waals surface area contributed by atoms with Crippen LogP contribution in [0.2, 0.25) is 10.2 Å². The minimum absolute atomic E-state index is 0.145. The van der Waals surface area contributed by atoms with Gasteiger partial charge >= 0.3 is 0 Å². The number of carbonyl (C=O) groups excluding carboxylic acids is 1. The molecule has 2 rings (SSSR count). The number of anilines is 1. The van der Waals surface area contributed by atoms with Gasteiger partial charge in [-0.2, -0.15) is 0 Å². The number of nitrogens with one attached hydrogen (secondary N) is 1. The van der Waals surface area contributed by atoms with E-state index in [1.165, 1.54) is 0 Å². The second kappa shape index (κ2) is 7.29. The van der Waals surface area contributed by atoms with Crippen molar-refractivity contribution in [3.05, 3.63) is 58.3 Å². The first kappa shape index (κ1) is 15.6. The highest BCUT2D eigenvalue weighted by Crippen LogP contribution is 2.16. The van der Waals surface area contributed by atoms with E-state index in [-0.39, 0.29) is 21.8 Å². The maximum absolute atomic E-state index is 12.0. The third-order valence-electron chi connectivity index (χ3n) is 2.96. The number of hydrogen-bond donors (Lipinski definition) is 1. The summed E-state index contributed by atoms with van der Waals surface area (Å²) in [6, 6.07) is 13.0. The van der Waals surface area contributed by atoms with Crippen LogP contribution < -0.4 is 10.2 Å². The SMILES string of the molecule is CN(CCNC(=O)c1nc(Cl)ccc1Cl)c1ccccc1. The summed E-state index contributed by atoms with van der Waals surface area (Å²) in [5.74, 6) is -0.330. The monoisotopic (exact) mass is 323 g/mol. The predicted molar refractivity (Wildman–Crippen MR) is 86.3 cm³/mol. The number of benzene rings is 1. The van der Waals surface area contributed by atoms with Crippen molar-refractivity contribution in [2.24, 2.45) is 0 Å². The van der Waals surface area contributed by atoms with Gasteiger partial charge in [-0.25, -0.2) is 4.98 Å². The topological polar surface area (TPSA) is 45.2 Å². The zero-order valence-corrected chi connectivity index (χ0v) is 13.0. The van der Waals surface area contributed by atoms with Gasteiger partial charge < -0.3 is 10.2 Å². The van der Waals surface area contributed by atoms with Crippen LogP contribution in [0.3, 0.4) is 0 Å². The van der Waals surface area contributed by atoms with Gasteiger partial charge in [0.05, 0.1) is 5.02 Å². The molecule has 6 heteroatoms. The highest BCUT2D eigenvalue weighted by atomic mass is 35.5. The Hall–Kier alpha value is -1.78. The van der Waals surface area contributed by atoms with Crippen molar-refractivity contribution in [3.63, 3.8) is 0 Å². The van der Waals surface area contributed by atoms with E-state index in [0.717, 1.165) is 5.69 Å². The van der Waals surface area contributed by atoms with Crippen LogP contribution in [0.25, 0.3) is 0 Å². The molecule has 0 atom stereocenters. The lowest BCUT2D eigenvalue weighted by Crippen LogP contribution is -2.33. The van der Waals surface area contributed by atoms with Crippen LogP contribution in [-0.2, 0) is 0 Å². The van der Waals surface area contributed by atoms with Crippen LogP contribution in [0.5, 0.6) is 0 Å². The maximum atomic E-state index is 12.0. The zero-order chi connectivity index (χ0) is 15.2. The standard InChI is InChI=1S/C15H15Cl2N3O/c1-20(11-5-3-2-4-6-11)10-9-18-15(21)14-12(16)7-8-13(17)19-14/h2-8H,9-10H2,1H3,(H,18,21). The molecule has 0 spiro atoms. The molecule has 110 valence electrons. The molecule has 1 aromatic heterocycles. The first-order chi connectivity index (χ1) is 10.1. The fraction of sp³-hybridized carbons (Fsp3) is 0.200. The Labute approximate surface area is 133 Å². The number of pyridine rings is 1. The van der Waals surface area contributed by atoms with Crippen LogP contribution in [-0.4, -0.2) is 31.0 Å². The second-order valence-electron chi connectivity index (χ2n) is 4.48. The molecule has 0 unspecified atom stereocenters. The molecule has 0 aliphatic carbocycles. The van der Waals surface area contributed by atoms with E-state index in [0.29, 0.717) is 13.1 Å². The van der Waals surface area contributed by atoms with Gasteiger partial charge in [-0.05, 0) is 24.3 Å². The van der Waals surface area contributed by atoms with E-state index >= 15 is 0 Å². The van der Waals surface area contributed by atoms with Gasteiger partial charge in [-0.15, -0.1) is 0 Å². The molecular formula is C15H15Cl2N3O. The first-order valence-corrected chi connectivity index (χ1v) is 7.20. The minimum atomic E-state index is -0.330. The normalized spacial score (nSPS) is 10.2. The van der Waals surface area contributed by atoms with Gasteiger partial charge in [0.2, 0.25) is 0 Å². The van der Waals surface area contributed by atoms with Crippen molar-refractivity contribution < 1.29 is 4.79 Å². The summed E-state index contributed by atoms with van der Waals surface area (Å²) in [5.41, 5.74) is 1.23. The summed E-state index contributed by atoms with van der Waals surface area (Å²) >= 11 is 11.7. The highest BCUT2D eigenvalue weighted by molar-refractivity contribution is 6.34. The van der Waals surface area contributed by atoms with E-state index in [9.17, 15) is 4.79 Å². The predicted octanol–water partition coefficient (Wildman–Crippen LogP) is 3.25. The van der Waals surface area contributed by atoms with Gasteiger partial charge in [0.1, 0.15) is 10.8 Å². The van der Waals surface area contributed by atoms with Crippen molar-refractivity contribution >= 4 is 34.8 Å². The van der Waals surface area contributed by atoms with Crippen molar-refractivity contribution in [1.29, 1.82) is 0 Å². The quantitative estimate of drug-likeness (QED) is 0.859. The minimum Gasteiger partial charge on any atom is -0.373 e. The molecule has 1 N–H and O–H groups in total. The molecule has 2 aromatic rings. The Kier molecular flexibility index (Phi) is 5.42. The van der Waals surface area contributed by atoms with Gasteiger partial charge in [0, 0.05) is 25.8 Å².